The second-order valence-electron chi connectivity index (χ2n) is 7.17. The second kappa shape index (κ2) is 9.22. The van der Waals surface area contributed by atoms with Crippen molar-refractivity contribution in [1.82, 2.24) is 0 Å². The largest absolute Gasteiger partial charge is 0.504 e. The first-order valence-corrected chi connectivity index (χ1v) is 9.90. The number of phenols is 1. The summed E-state index contributed by atoms with van der Waals surface area (Å²) in [6.07, 6.45) is 1.95. The Kier molecular flexibility index (Phi) is 6.69. The normalized spacial score (nSPS) is 21.5. The van der Waals surface area contributed by atoms with Gasteiger partial charge in [0.1, 0.15) is 12.4 Å². The van der Waals surface area contributed by atoms with Gasteiger partial charge in [0.2, 0.25) is 0 Å². The summed E-state index contributed by atoms with van der Waals surface area (Å²) in [5.41, 5.74) is 2.46. The summed E-state index contributed by atoms with van der Waals surface area (Å²) < 4.78 is 15.9. The molecule has 1 fully saturated rings. The Hall–Kier alpha value is -2.67. The first-order chi connectivity index (χ1) is 14.0. The average Bonchev–Trinajstić information content (AvgIpc) is 2.69. The summed E-state index contributed by atoms with van der Waals surface area (Å²) in [7, 11) is 1.53. The number of carbonyl (C=O) groups is 2. The fraction of sp³-hybridized carbons (Fsp3) is 0.500. The van der Waals surface area contributed by atoms with Gasteiger partial charge in [-0.05, 0) is 44.4 Å². The Morgan fingerprint density at radius 2 is 2.03 bits per heavy atom. The smallest absolute Gasteiger partial charge is 0.336 e. The molecule has 0 saturated heterocycles. The number of Topliss-reactive ketones (excluding diaryl/α,β-unsaturated/α-hetero) is 1. The molecule has 0 amide bonds. The second-order valence-corrected chi connectivity index (χ2v) is 7.17. The summed E-state index contributed by atoms with van der Waals surface area (Å²) in [5.74, 6) is -1.12. The topological polar surface area (TPSA) is 94.4 Å². The molecule has 0 spiro atoms. The Balaban J connectivity index is 2.07. The van der Waals surface area contributed by atoms with Crippen LogP contribution in [0.3, 0.4) is 0 Å². The lowest BCUT2D eigenvalue weighted by Gasteiger charge is -2.35. The van der Waals surface area contributed by atoms with Gasteiger partial charge in [0.25, 0.3) is 0 Å². The fourth-order valence-electron chi connectivity index (χ4n) is 4.04. The van der Waals surface area contributed by atoms with Gasteiger partial charge in [-0.15, -0.1) is 0 Å². The number of aliphatic imine (C=N–C) groups is 1. The maximum atomic E-state index is 12.9. The summed E-state index contributed by atoms with van der Waals surface area (Å²) in [5, 5.41) is 10.1. The Morgan fingerprint density at radius 1 is 1.24 bits per heavy atom. The van der Waals surface area contributed by atoms with Crippen LogP contribution < -0.4 is 4.74 Å². The standard InChI is InChI=1S/C22H27NO6/c1-4-28-18-12-14(8-9-16(18)24)20-19(22(26)29-11-10-27-3)13(2)23-15-6-5-7-17(25)21(15)20/h8-9,12,20-21,24H,4-7,10-11H2,1-3H3/t20-,21?/m1/s1. The Bertz CT molecular complexity index is 857. The minimum absolute atomic E-state index is 0.0141. The number of benzene rings is 1. The minimum Gasteiger partial charge on any atom is -0.504 e. The van der Waals surface area contributed by atoms with Gasteiger partial charge in [-0.2, -0.15) is 0 Å². The molecule has 0 aromatic heterocycles. The van der Waals surface area contributed by atoms with Gasteiger partial charge in [0.05, 0.1) is 24.7 Å². The van der Waals surface area contributed by atoms with Crippen LogP contribution in [-0.4, -0.2) is 49.5 Å². The van der Waals surface area contributed by atoms with Crippen LogP contribution >= 0.6 is 0 Å². The third-order valence-electron chi connectivity index (χ3n) is 5.29. The number of phenolic OH excluding ortho intramolecular Hbond substituents is 1. The number of hydrogen-bond acceptors (Lipinski definition) is 7. The maximum Gasteiger partial charge on any atom is 0.336 e. The minimum atomic E-state index is -0.523. The van der Waals surface area contributed by atoms with E-state index in [9.17, 15) is 14.7 Å². The van der Waals surface area contributed by atoms with Crippen LogP contribution in [0.25, 0.3) is 0 Å². The van der Waals surface area contributed by atoms with E-state index in [1.165, 1.54) is 13.2 Å². The lowest BCUT2D eigenvalue weighted by molar-refractivity contribution is -0.140. The van der Waals surface area contributed by atoms with Gasteiger partial charge >= 0.3 is 5.97 Å². The molecule has 7 heteroatoms. The first kappa shape index (κ1) is 21.0. The van der Waals surface area contributed by atoms with Gasteiger partial charge in [-0.3, -0.25) is 9.79 Å². The average molecular weight is 401 g/mol. The Morgan fingerprint density at radius 3 is 2.76 bits per heavy atom. The summed E-state index contributed by atoms with van der Waals surface area (Å²) in [4.78, 5) is 30.4. The molecule has 29 heavy (non-hydrogen) atoms. The molecular formula is C22H27NO6. The molecule has 1 aromatic carbocycles. The highest BCUT2D eigenvalue weighted by Gasteiger charge is 2.43. The van der Waals surface area contributed by atoms with E-state index < -0.39 is 17.8 Å². The maximum absolute atomic E-state index is 12.9. The van der Waals surface area contributed by atoms with Crippen molar-refractivity contribution in [2.75, 3.05) is 26.9 Å². The van der Waals surface area contributed by atoms with Crippen molar-refractivity contribution in [3.05, 3.63) is 35.0 Å². The molecule has 2 aliphatic rings. The number of methoxy groups -OCH3 is 1. The molecule has 0 bridgehead atoms. The van der Waals surface area contributed by atoms with Crippen molar-refractivity contribution in [3.63, 3.8) is 0 Å². The number of aromatic hydroxyl groups is 1. The number of rotatable bonds is 7. The van der Waals surface area contributed by atoms with E-state index in [0.29, 0.717) is 30.0 Å². The lowest BCUT2D eigenvalue weighted by Crippen LogP contribution is -2.39. The monoisotopic (exact) mass is 401 g/mol. The molecule has 1 aromatic rings. The summed E-state index contributed by atoms with van der Waals surface area (Å²) >= 11 is 0. The van der Waals surface area contributed by atoms with Crippen LogP contribution in [0.1, 0.15) is 44.6 Å². The van der Waals surface area contributed by atoms with Crippen LogP contribution in [0, 0.1) is 5.92 Å². The molecule has 3 rings (SSSR count). The predicted molar refractivity (Wildman–Crippen MR) is 107 cm³/mol. The van der Waals surface area contributed by atoms with E-state index in [-0.39, 0.29) is 24.7 Å². The number of fused-ring (bicyclic) bond motifs is 1. The van der Waals surface area contributed by atoms with E-state index >= 15 is 0 Å². The van der Waals surface area contributed by atoms with Crippen LogP contribution in [0.4, 0.5) is 0 Å². The van der Waals surface area contributed by atoms with Crippen molar-refractivity contribution < 1.29 is 28.9 Å². The number of carbonyl (C=O) groups excluding carboxylic acids is 2. The van der Waals surface area contributed by atoms with Gasteiger partial charge < -0.3 is 19.3 Å². The zero-order chi connectivity index (χ0) is 21.0. The highest BCUT2D eigenvalue weighted by Crippen LogP contribution is 2.44. The third kappa shape index (κ3) is 4.34. The number of hydrogen-bond donors (Lipinski definition) is 1. The number of ketones is 1. The van der Waals surface area contributed by atoms with E-state index in [1.807, 2.05) is 6.92 Å². The molecular weight excluding hydrogens is 374 g/mol. The van der Waals surface area contributed by atoms with Gasteiger partial charge in [0, 0.05) is 30.9 Å². The number of ether oxygens (including phenoxy) is 3. The molecule has 1 aliphatic carbocycles. The van der Waals surface area contributed by atoms with Crippen LogP contribution in [0.15, 0.2) is 34.5 Å². The van der Waals surface area contributed by atoms with Gasteiger partial charge in [-0.25, -0.2) is 4.79 Å². The molecule has 0 radical (unpaired) electrons. The predicted octanol–water partition coefficient (Wildman–Crippen LogP) is 3.16. The summed E-state index contributed by atoms with van der Waals surface area (Å²) in [6.45, 7) is 4.38. The van der Waals surface area contributed by atoms with Crippen molar-refractivity contribution in [1.29, 1.82) is 0 Å². The van der Waals surface area contributed by atoms with Crippen molar-refractivity contribution in [2.45, 2.75) is 39.0 Å². The van der Waals surface area contributed by atoms with E-state index in [4.69, 9.17) is 14.2 Å². The van der Waals surface area contributed by atoms with E-state index in [0.717, 1.165) is 24.1 Å². The summed E-state index contributed by atoms with van der Waals surface area (Å²) in [6, 6.07) is 4.95. The molecule has 1 saturated carbocycles. The van der Waals surface area contributed by atoms with Crippen LogP contribution in [-0.2, 0) is 19.1 Å². The van der Waals surface area contributed by atoms with E-state index in [1.54, 1.807) is 19.1 Å². The molecule has 1 aliphatic heterocycles. The van der Waals surface area contributed by atoms with Gasteiger partial charge in [0.15, 0.2) is 11.5 Å². The quantitative estimate of drug-likeness (QED) is 0.557. The number of allylic oxidation sites excluding steroid dienone is 1. The fourth-order valence-corrected chi connectivity index (χ4v) is 4.04. The lowest BCUT2D eigenvalue weighted by atomic mass is 9.69. The van der Waals surface area contributed by atoms with E-state index in [2.05, 4.69) is 4.99 Å². The molecule has 1 N–H and O–H groups in total. The molecule has 156 valence electrons. The highest BCUT2D eigenvalue weighted by molar-refractivity contribution is 6.11. The molecule has 1 heterocycles. The number of esters is 1. The third-order valence-corrected chi connectivity index (χ3v) is 5.29. The van der Waals surface area contributed by atoms with Crippen molar-refractivity contribution >= 4 is 17.5 Å². The zero-order valence-electron chi connectivity index (χ0n) is 17.1. The zero-order valence-corrected chi connectivity index (χ0v) is 17.1. The first-order valence-electron chi connectivity index (χ1n) is 9.90. The SMILES string of the molecule is CCOc1cc([C@@H]2C(C(=O)OCCOC)=C(C)N=C3CCCC(=O)C32)ccc1O. The molecule has 7 nitrogen and oxygen atoms in total. The Labute approximate surface area is 170 Å². The highest BCUT2D eigenvalue weighted by atomic mass is 16.6. The van der Waals surface area contributed by atoms with Crippen molar-refractivity contribution in [3.8, 4) is 11.5 Å². The van der Waals surface area contributed by atoms with Crippen molar-refractivity contribution in [2.24, 2.45) is 10.9 Å². The number of nitrogens with zero attached hydrogens (tertiary/aromatic N) is 1. The van der Waals surface area contributed by atoms with Crippen LogP contribution in [0.5, 0.6) is 11.5 Å². The molecule has 1 unspecified atom stereocenters. The van der Waals surface area contributed by atoms with Gasteiger partial charge in [-0.1, -0.05) is 6.07 Å². The van der Waals surface area contributed by atoms with Crippen LogP contribution in [0.2, 0.25) is 0 Å². The molecule has 2 atom stereocenters.